The molecule has 0 aromatic rings. The standard InChI is InChI=1S/C10H20O2.2C3H8O3.3C2H4O2/c1-2-3-4-5-6-7-8-9-10(11)12;2*4-1-3(6)2-5;3*1-2(3)4/h2-9H2,1H3,(H,11,12);2*3-6H,1-2H2;3*1H3,(H,3,4). The van der Waals surface area contributed by atoms with Gasteiger partial charge in [-0.3, -0.25) is 19.2 Å². The number of aliphatic hydroxyl groups is 6. The van der Waals surface area contributed by atoms with Crippen molar-refractivity contribution in [1.29, 1.82) is 0 Å². The minimum Gasteiger partial charge on any atom is -0.481 e. The van der Waals surface area contributed by atoms with Crippen molar-refractivity contribution < 1.29 is 70.2 Å². The molecule has 14 nitrogen and oxygen atoms in total. The van der Waals surface area contributed by atoms with Crippen LogP contribution in [0.2, 0.25) is 0 Å². The van der Waals surface area contributed by atoms with Gasteiger partial charge in [0.2, 0.25) is 0 Å². The van der Waals surface area contributed by atoms with E-state index in [1.165, 1.54) is 32.1 Å². The van der Waals surface area contributed by atoms with Crippen molar-refractivity contribution in [3.8, 4) is 0 Å². The molecule has 14 heteroatoms. The van der Waals surface area contributed by atoms with E-state index < -0.39 is 36.1 Å². The lowest BCUT2D eigenvalue weighted by Crippen LogP contribution is -2.15. The summed E-state index contributed by atoms with van der Waals surface area (Å²) in [5, 5.41) is 78.6. The smallest absolute Gasteiger partial charge is 0.303 e. The van der Waals surface area contributed by atoms with E-state index in [9.17, 15) is 4.79 Å². The molecule has 0 saturated carbocycles. The monoisotopic (exact) mass is 536 g/mol. The number of carboxylic acids is 4. The van der Waals surface area contributed by atoms with Gasteiger partial charge in [0, 0.05) is 27.2 Å². The zero-order chi connectivity index (χ0) is 29.9. The van der Waals surface area contributed by atoms with Crippen LogP contribution in [0.1, 0.15) is 79.1 Å². The van der Waals surface area contributed by atoms with Crippen molar-refractivity contribution in [2.75, 3.05) is 26.4 Å². The summed E-state index contributed by atoms with van der Waals surface area (Å²) >= 11 is 0. The highest BCUT2D eigenvalue weighted by atomic mass is 16.4. The van der Waals surface area contributed by atoms with Crippen LogP contribution in [0.15, 0.2) is 0 Å². The van der Waals surface area contributed by atoms with Crippen LogP contribution < -0.4 is 0 Å². The zero-order valence-electron chi connectivity index (χ0n) is 21.7. The summed E-state index contributed by atoms with van der Waals surface area (Å²) in [7, 11) is 0. The number of aliphatic carboxylic acids is 4. The molecule has 0 saturated heterocycles. The first-order valence-corrected chi connectivity index (χ1v) is 11.2. The molecule has 0 radical (unpaired) electrons. The van der Waals surface area contributed by atoms with Crippen molar-refractivity contribution >= 4 is 23.9 Å². The fourth-order valence-corrected chi connectivity index (χ4v) is 1.35. The average molecular weight is 537 g/mol. The molecule has 0 aromatic carbocycles. The highest BCUT2D eigenvalue weighted by molar-refractivity contribution is 5.66. The Morgan fingerprint density at radius 1 is 0.528 bits per heavy atom. The van der Waals surface area contributed by atoms with Gasteiger partial charge < -0.3 is 51.1 Å². The summed E-state index contributed by atoms with van der Waals surface area (Å²) < 4.78 is 0. The maximum Gasteiger partial charge on any atom is 0.303 e. The predicted molar refractivity (Wildman–Crippen MR) is 131 cm³/mol. The molecular formula is C22H48O14. The zero-order valence-corrected chi connectivity index (χ0v) is 21.7. The molecule has 0 aromatic heterocycles. The van der Waals surface area contributed by atoms with E-state index >= 15 is 0 Å². The second-order valence-electron chi connectivity index (χ2n) is 6.86. The Morgan fingerprint density at radius 2 is 0.750 bits per heavy atom. The normalized spacial score (nSPS) is 8.78. The van der Waals surface area contributed by atoms with Crippen molar-refractivity contribution in [3.05, 3.63) is 0 Å². The molecule has 0 heterocycles. The highest BCUT2D eigenvalue weighted by Crippen LogP contribution is 2.07. The van der Waals surface area contributed by atoms with Crippen molar-refractivity contribution in [3.63, 3.8) is 0 Å². The van der Waals surface area contributed by atoms with Crippen LogP contribution in [0.25, 0.3) is 0 Å². The topological polar surface area (TPSA) is 271 Å². The molecule has 0 unspecified atom stereocenters. The van der Waals surface area contributed by atoms with E-state index in [0.29, 0.717) is 6.42 Å². The van der Waals surface area contributed by atoms with E-state index in [1.807, 2.05) is 0 Å². The number of unbranched alkanes of at least 4 members (excludes halogenated alkanes) is 6. The number of hydrogen-bond acceptors (Lipinski definition) is 10. The van der Waals surface area contributed by atoms with Gasteiger partial charge in [0.25, 0.3) is 17.9 Å². The Kier molecular flexibility index (Phi) is 55.7. The van der Waals surface area contributed by atoms with Crippen molar-refractivity contribution in [2.24, 2.45) is 0 Å². The Hall–Kier alpha value is -2.36. The molecule has 10 N–H and O–H groups in total. The fourth-order valence-electron chi connectivity index (χ4n) is 1.35. The van der Waals surface area contributed by atoms with Crippen LogP contribution in [0.5, 0.6) is 0 Å². The van der Waals surface area contributed by atoms with Gasteiger partial charge >= 0.3 is 5.97 Å². The highest BCUT2D eigenvalue weighted by Gasteiger charge is 1.96. The summed E-state index contributed by atoms with van der Waals surface area (Å²) in [6.07, 6.45) is 6.74. The summed E-state index contributed by atoms with van der Waals surface area (Å²) in [6, 6.07) is 0. The Morgan fingerprint density at radius 3 is 0.917 bits per heavy atom. The van der Waals surface area contributed by atoms with Gasteiger partial charge in [-0.05, 0) is 6.42 Å². The maximum atomic E-state index is 10.1. The molecule has 0 aliphatic heterocycles. The number of carbonyl (C=O) groups is 4. The average Bonchev–Trinajstić information content (AvgIpc) is 2.77. The molecular weight excluding hydrogens is 488 g/mol. The first kappa shape index (κ1) is 46.9. The van der Waals surface area contributed by atoms with Crippen LogP contribution in [0.3, 0.4) is 0 Å². The van der Waals surface area contributed by atoms with Gasteiger partial charge in [0.05, 0.1) is 26.4 Å². The minimum atomic E-state index is -0.954. The van der Waals surface area contributed by atoms with Crippen LogP contribution in [-0.4, -0.2) is 114 Å². The van der Waals surface area contributed by atoms with E-state index in [4.69, 9.17) is 65.4 Å². The molecule has 0 amide bonds. The van der Waals surface area contributed by atoms with Crippen molar-refractivity contribution in [1.82, 2.24) is 0 Å². The molecule has 0 rings (SSSR count). The second-order valence-corrected chi connectivity index (χ2v) is 6.86. The number of rotatable bonds is 12. The molecule has 0 aliphatic rings. The van der Waals surface area contributed by atoms with E-state index in [-0.39, 0.29) is 26.4 Å². The Bertz CT molecular complexity index is 413. The van der Waals surface area contributed by atoms with E-state index in [1.54, 1.807) is 0 Å². The van der Waals surface area contributed by atoms with Gasteiger partial charge in [0.15, 0.2) is 0 Å². The lowest BCUT2D eigenvalue weighted by atomic mass is 10.1. The van der Waals surface area contributed by atoms with Gasteiger partial charge in [0.1, 0.15) is 12.2 Å². The first-order chi connectivity index (χ1) is 16.6. The number of carboxylic acid groups (broad SMARTS) is 4. The summed E-state index contributed by atoms with van der Waals surface area (Å²) in [6.45, 7) is 3.99. The van der Waals surface area contributed by atoms with E-state index in [0.717, 1.165) is 33.6 Å². The molecule has 0 atom stereocenters. The van der Waals surface area contributed by atoms with Crippen LogP contribution in [0, 0.1) is 0 Å². The Labute approximate surface area is 212 Å². The molecule has 0 aliphatic carbocycles. The van der Waals surface area contributed by atoms with Gasteiger partial charge in [-0.15, -0.1) is 0 Å². The van der Waals surface area contributed by atoms with Crippen LogP contribution >= 0.6 is 0 Å². The lowest BCUT2D eigenvalue weighted by Gasteiger charge is -1.98. The third-order valence-electron chi connectivity index (χ3n) is 2.84. The SMILES string of the molecule is CC(=O)O.CC(=O)O.CC(=O)O.CCCCCCCCCC(=O)O.OCC(O)CO.OCC(O)CO. The maximum absolute atomic E-state index is 10.1. The lowest BCUT2D eigenvalue weighted by molar-refractivity contribution is -0.137. The predicted octanol–water partition coefficient (Wildman–Crippen LogP) is 0.148. The molecule has 0 spiro atoms. The summed E-state index contributed by atoms with van der Waals surface area (Å²) in [5.41, 5.74) is 0. The Balaban J connectivity index is -0.0000000805. The molecule has 36 heavy (non-hydrogen) atoms. The molecule has 0 bridgehead atoms. The molecule has 0 fully saturated rings. The van der Waals surface area contributed by atoms with Gasteiger partial charge in [-0.1, -0.05) is 45.4 Å². The summed E-state index contributed by atoms with van der Waals surface area (Å²) in [5.74, 6) is -3.16. The van der Waals surface area contributed by atoms with Gasteiger partial charge in [-0.25, -0.2) is 0 Å². The second kappa shape index (κ2) is 42.8. The minimum absolute atomic E-state index is 0.341. The third kappa shape index (κ3) is 139. The van der Waals surface area contributed by atoms with Crippen LogP contribution in [-0.2, 0) is 19.2 Å². The fraction of sp³-hybridized carbons (Fsp3) is 0.818. The quantitative estimate of drug-likeness (QED) is 0.149. The molecule has 220 valence electrons. The first-order valence-electron chi connectivity index (χ1n) is 11.2. The number of hydrogen-bond donors (Lipinski definition) is 10. The summed E-state index contributed by atoms with van der Waals surface area (Å²) in [4.78, 5) is 37.1. The number of aliphatic hydroxyl groups excluding tert-OH is 6. The van der Waals surface area contributed by atoms with Gasteiger partial charge in [-0.2, -0.15) is 0 Å². The van der Waals surface area contributed by atoms with E-state index in [2.05, 4.69) is 6.92 Å². The largest absolute Gasteiger partial charge is 0.481 e. The van der Waals surface area contributed by atoms with Crippen LogP contribution in [0.4, 0.5) is 0 Å². The third-order valence-corrected chi connectivity index (χ3v) is 2.84. The van der Waals surface area contributed by atoms with Crippen molar-refractivity contribution in [2.45, 2.75) is 91.3 Å².